The van der Waals surface area contributed by atoms with E-state index < -0.39 is 61.7 Å². The van der Waals surface area contributed by atoms with E-state index in [-0.39, 0.29) is 5.69 Å². The molecule has 7 nitrogen and oxygen atoms in total. The zero-order chi connectivity index (χ0) is 29.0. The number of urea groups is 1. The molecule has 0 atom stereocenters. The fraction of sp³-hybridized carbons (Fsp3) is 0.240. The maximum absolute atomic E-state index is 13.3. The zero-order valence-electron chi connectivity index (χ0n) is 20.2. The van der Waals surface area contributed by atoms with E-state index in [1.807, 2.05) is 6.92 Å². The van der Waals surface area contributed by atoms with Crippen LogP contribution in [0.4, 0.5) is 42.5 Å². The third-order valence-corrected chi connectivity index (χ3v) is 6.20. The topological polar surface area (TPSA) is 105 Å². The molecule has 3 rings (SSSR count). The quantitative estimate of drug-likeness (QED) is 0.188. The Morgan fingerprint density at radius 1 is 0.872 bits per heavy atom. The lowest BCUT2D eigenvalue weighted by Gasteiger charge is -2.17. The van der Waals surface area contributed by atoms with Crippen LogP contribution in [0.3, 0.4) is 0 Å². The number of anilines is 2. The average molecular weight is 577 g/mol. The number of amides is 2. The molecule has 210 valence electrons. The number of benzene rings is 3. The van der Waals surface area contributed by atoms with Gasteiger partial charge in [-0.05, 0) is 66.9 Å². The van der Waals surface area contributed by atoms with Gasteiger partial charge >= 0.3 is 18.4 Å². The number of hydrogen-bond donors (Lipinski definition) is 3. The number of halogens is 6. The lowest BCUT2D eigenvalue weighted by atomic mass is 10.1. The zero-order valence-corrected chi connectivity index (χ0v) is 21.0. The normalized spacial score (nSPS) is 12.2. The Labute approximate surface area is 219 Å². The molecule has 2 amide bonds. The smallest absolute Gasteiger partial charge is 0.416 e. The molecule has 3 aromatic carbocycles. The van der Waals surface area contributed by atoms with Gasteiger partial charge in [0.25, 0.3) is 10.1 Å². The largest absolute Gasteiger partial charge is 0.454 e. The molecule has 0 aliphatic carbocycles. The van der Waals surface area contributed by atoms with Gasteiger partial charge < -0.3 is 15.4 Å². The van der Waals surface area contributed by atoms with Crippen LogP contribution in [0.25, 0.3) is 0 Å². The first-order valence-electron chi connectivity index (χ1n) is 11.3. The van der Waals surface area contributed by atoms with Gasteiger partial charge in [-0.3, -0.25) is 4.55 Å². The van der Waals surface area contributed by atoms with E-state index in [2.05, 4.69) is 10.6 Å². The second kappa shape index (κ2) is 11.5. The van der Waals surface area contributed by atoms with Crippen LogP contribution in [-0.2, 0) is 28.9 Å². The fourth-order valence-corrected chi connectivity index (χ4v) is 4.11. The molecule has 3 aromatic rings. The lowest BCUT2D eigenvalue weighted by molar-refractivity contribution is -0.138. The summed E-state index contributed by atoms with van der Waals surface area (Å²) in [5.74, 6) is -0.868. The van der Waals surface area contributed by atoms with Crippen molar-refractivity contribution in [3.05, 3.63) is 77.4 Å². The highest BCUT2D eigenvalue weighted by atomic mass is 32.2. The first kappa shape index (κ1) is 29.8. The Morgan fingerprint density at radius 2 is 1.51 bits per heavy atom. The molecule has 0 radical (unpaired) electrons. The molecule has 0 saturated carbocycles. The number of unbranched alkanes of at least 4 members (excludes halogenated alkanes) is 1. The molecule has 0 spiro atoms. The van der Waals surface area contributed by atoms with Crippen LogP contribution in [0.2, 0.25) is 0 Å². The minimum Gasteiger partial charge on any atom is -0.454 e. The molecule has 0 saturated heterocycles. The molecule has 39 heavy (non-hydrogen) atoms. The number of aryl methyl sites for hydroxylation is 1. The number of rotatable bonds is 8. The third-order valence-electron chi connectivity index (χ3n) is 5.33. The standard InChI is InChI=1S/C25H22F6N2O5S/c1-2-3-5-15-8-10-21(22(12-15)39(35,36)37)38-20-11-9-17(25(29,30)31)14-19(20)33-23(34)32-18-7-4-6-16(13-18)24(26,27)28/h4,6-14H,2-3,5H2,1H3,(H2,32,33,34)(H,35,36,37). The maximum Gasteiger partial charge on any atom is 0.416 e. The van der Waals surface area contributed by atoms with Crippen molar-refractivity contribution in [2.45, 2.75) is 43.4 Å². The summed E-state index contributed by atoms with van der Waals surface area (Å²) in [5, 5.41) is 4.17. The highest BCUT2D eigenvalue weighted by Crippen LogP contribution is 2.39. The summed E-state index contributed by atoms with van der Waals surface area (Å²) in [6.07, 6.45) is -7.52. The van der Waals surface area contributed by atoms with Gasteiger partial charge in [0.1, 0.15) is 10.6 Å². The van der Waals surface area contributed by atoms with Crippen LogP contribution in [0, 0.1) is 0 Å². The third kappa shape index (κ3) is 8.10. The predicted molar refractivity (Wildman–Crippen MR) is 130 cm³/mol. The van der Waals surface area contributed by atoms with Crippen molar-refractivity contribution in [1.82, 2.24) is 0 Å². The molecule has 0 aliphatic heterocycles. The van der Waals surface area contributed by atoms with E-state index in [0.717, 1.165) is 43.2 Å². The molecule has 14 heteroatoms. The minimum absolute atomic E-state index is 0.298. The Hall–Kier alpha value is -3.78. The van der Waals surface area contributed by atoms with Crippen molar-refractivity contribution in [3.63, 3.8) is 0 Å². The summed E-state index contributed by atoms with van der Waals surface area (Å²) in [7, 11) is -4.82. The van der Waals surface area contributed by atoms with E-state index in [1.54, 1.807) is 0 Å². The second-order valence-electron chi connectivity index (χ2n) is 8.33. The van der Waals surface area contributed by atoms with E-state index in [4.69, 9.17) is 4.74 Å². The van der Waals surface area contributed by atoms with Crippen molar-refractivity contribution in [2.24, 2.45) is 0 Å². The van der Waals surface area contributed by atoms with Gasteiger partial charge in [-0.1, -0.05) is 25.5 Å². The molecule has 0 unspecified atom stereocenters. The number of ether oxygens (including phenoxy) is 1. The number of nitrogens with one attached hydrogen (secondary N) is 2. The SMILES string of the molecule is CCCCc1ccc(Oc2ccc(C(F)(F)F)cc2NC(=O)Nc2cccc(C(F)(F)F)c2)c(S(=O)(=O)O)c1. The van der Waals surface area contributed by atoms with Crippen LogP contribution < -0.4 is 15.4 Å². The van der Waals surface area contributed by atoms with E-state index in [0.29, 0.717) is 30.2 Å². The Morgan fingerprint density at radius 3 is 2.13 bits per heavy atom. The molecule has 0 aliphatic rings. The molecular weight excluding hydrogens is 554 g/mol. The summed E-state index contributed by atoms with van der Waals surface area (Å²) >= 11 is 0. The molecule has 0 heterocycles. The first-order valence-corrected chi connectivity index (χ1v) is 12.8. The Bertz CT molecular complexity index is 1460. The number of alkyl halides is 6. The van der Waals surface area contributed by atoms with E-state index >= 15 is 0 Å². The lowest BCUT2D eigenvalue weighted by Crippen LogP contribution is -2.20. The molecule has 0 fully saturated rings. The Kier molecular flexibility index (Phi) is 8.80. The number of carbonyl (C=O) groups excluding carboxylic acids is 1. The summed E-state index contributed by atoms with van der Waals surface area (Å²) in [6, 6.07) is 8.18. The molecular formula is C25H22F6N2O5S. The second-order valence-corrected chi connectivity index (χ2v) is 9.72. The summed E-state index contributed by atoms with van der Waals surface area (Å²) in [6.45, 7) is 1.92. The van der Waals surface area contributed by atoms with Crippen LogP contribution in [0.1, 0.15) is 36.5 Å². The fourth-order valence-electron chi connectivity index (χ4n) is 3.44. The minimum atomic E-state index is -4.84. The van der Waals surface area contributed by atoms with E-state index in [1.165, 1.54) is 12.1 Å². The maximum atomic E-state index is 13.3. The van der Waals surface area contributed by atoms with Gasteiger partial charge in [-0.2, -0.15) is 34.8 Å². The summed E-state index contributed by atoms with van der Waals surface area (Å²) in [4.78, 5) is 11.9. The van der Waals surface area contributed by atoms with Crippen LogP contribution in [-0.4, -0.2) is 19.0 Å². The summed E-state index contributed by atoms with van der Waals surface area (Å²) < 4.78 is 118. The molecule has 0 bridgehead atoms. The van der Waals surface area contributed by atoms with Gasteiger partial charge in [0, 0.05) is 5.69 Å². The molecule has 3 N–H and O–H groups in total. The summed E-state index contributed by atoms with van der Waals surface area (Å²) in [5.41, 5.74) is -2.58. The Balaban J connectivity index is 1.96. The average Bonchev–Trinajstić information content (AvgIpc) is 2.82. The van der Waals surface area contributed by atoms with Gasteiger partial charge in [-0.25, -0.2) is 4.79 Å². The van der Waals surface area contributed by atoms with Crippen molar-refractivity contribution in [3.8, 4) is 11.5 Å². The highest BCUT2D eigenvalue weighted by molar-refractivity contribution is 7.86. The van der Waals surface area contributed by atoms with Gasteiger partial charge in [0.15, 0.2) is 5.75 Å². The van der Waals surface area contributed by atoms with Crippen LogP contribution in [0.5, 0.6) is 11.5 Å². The predicted octanol–water partition coefficient (Wildman–Crippen LogP) is 7.75. The molecule has 0 aromatic heterocycles. The van der Waals surface area contributed by atoms with Crippen molar-refractivity contribution >= 4 is 27.5 Å². The van der Waals surface area contributed by atoms with E-state index in [9.17, 15) is 44.1 Å². The first-order chi connectivity index (χ1) is 18.1. The number of hydrogen-bond acceptors (Lipinski definition) is 4. The van der Waals surface area contributed by atoms with Crippen molar-refractivity contribution in [2.75, 3.05) is 10.6 Å². The van der Waals surface area contributed by atoms with Crippen LogP contribution >= 0.6 is 0 Å². The van der Waals surface area contributed by atoms with Gasteiger partial charge in [0.05, 0.1) is 16.8 Å². The highest BCUT2D eigenvalue weighted by Gasteiger charge is 2.32. The van der Waals surface area contributed by atoms with Crippen LogP contribution in [0.15, 0.2) is 65.6 Å². The van der Waals surface area contributed by atoms with Gasteiger partial charge in [-0.15, -0.1) is 0 Å². The van der Waals surface area contributed by atoms with Gasteiger partial charge in [0.2, 0.25) is 0 Å². The monoisotopic (exact) mass is 576 g/mol. The van der Waals surface area contributed by atoms with Crippen molar-refractivity contribution in [1.29, 1.82) is 0 Å². The van der Waals surface area contributed by atoms with Crippen molar-refractivity contribution < 1.29 is 48.8 Å². The number of carbonyl (C=O) groups is 1.